The van der Waals surface area contributed by atoms with Gasteiger partial charge in [0, 0.05) is 23.5 Å². The molecule has 1 amide bonds. The number of hydrogen-bond donors (Lipinski definition) is 1. The molecule has 1 unspecified atom stereocenters. The third-order valence-electron chi connectivity index (χ3n) is 5.40. The molecular weight excluding hydrogens is 412 g/mol. The molecule has 0 saturated heterocycles. The Hall–Kier alpha value is -2.70. The first-order chi connectivity index (χ1) is 14.9. The number of rotatable bonds is 9. The van der Waals surface area contributed by atoms with Gasteiger partial charge in [0.15, 0.2) is 5.69 Å². The van der Waals surface area contributed by atoms with E-state index in [9.17, 15) is 9.59 Å². The van der Waals surface area contributed by atoms with Gasteiger partial charge in [0.25, 0.3) is 11.5 Å². The molecule has 31 heavy (non-hydrogen) atoms. The van der Waals surface area contributed by atoms with Crippen LogP contribution in [0.2, 0.25) is 5.02 Å². The van der Waals surface area contributed by atoms with Gasteiger partial charge in [-0.05, 0) is 38.2 Å². The molecular formula is C24H29ClN4O2. The summed E-state index contributed by atoms with van der Waals surface area (Å²) in [6.45, 7) is 2.97. The van der Waals surface area contributed by atoms with Crippen molar-refractivity contribution in [3.8, 4) is 0 Å². The van der Waals surface area contributed by atoms with Crippen LogP contribution in [-0.4, -0.2) is 41.2 Å². The van der Waals surface area contributed by atoms with Crippen LogP contribution in [0.3, 0.4) is 0 Å². The van der Waals surface area contributed by atoms with E-state index in [1.54, 1.807) is 18.2 Å². The predicted molar refractivity (Wildman–Crippen MR) is 126 cm³/mol. The second kappa shape index (κ2) is 10.6. The highest BCUT2D eigenvalue weighted by atomic mass is 35.5. The van der Waals surface area contributed by atoms with Crippen LogP contribution >= 0.6 is 11.6 Å². The Morgan fingerprint density at radius 2 is 1.77 bits per heavy atom. The van der Waals surface area contributed by atoms with Crippen molar-refractivity contribution in [3.63, 3.8) is 0 Å². The van der Waals surface area contributed by atoms with Gasteiger partial charge in [-0.2, -0.15) is 5.10 Å². The Labute approximate surface area is 187 Å². The number of likely N-dealkylation sites (N-methyl/N-ethyl adjacent to an activating group) is 1. The zero-order chi connectivity index (χ0) is 22.4. The number of amides is 1. The predicted octanol–water partition coefficient (Wildman–Crippen LogP) is 4.27. The van der Waals surface area contributed by atoms with E-state index in [1.165, 1.54) is 4.68 Å². The second-order valence-electron chi connectivity index (χ2n) is 7.84. The van der Waals surface area contributed by atoms with Gasteiger partial charge >= 0.3 is 0 Å². The lowest BCUT2D eigenvalue weighted by molar-refractivity contribution is 0.0936. The number of nitrogens with zero attached hydrogens (tertiary/aromatic N) is 3. The fourth-order valence-corrected chi connectivity index (χ4v) is 3.92. The fraction of sp³-hybridized carbons (Fsp3) is 0.375. The van der Waals surface area contributed by atoms with Crippen molar-refractivity contribution in [2.75, 3.05) is 20.6 Å². The standard InChI is InChI=1S/C24H29ClN4O2/c1-4-5-10-15-29-24(31)18-12-7-6-11-17(18)22(27-29)23(30)26-16-21(28(2)3)19-13-8-9-14-20(19)25/h6-9,11-14,21H,4-5,10,15-16H2,1-3H3,(H,26,30). The summed E-state index contributed by atoms with van der Waals surface area (Å²) in [5.41, 5.74) is 1.05. The molecule has 1 atom stereocenters. The summed E-state index contributed by atoms with van der Waals surface area (Å²) in [5.74, 6) is -0.306. The van der Waals surface area contributed by atoms with E-state index in [1.807, 2.05) is 49.3 Å². The molecule has 0 aliphatic heterocycles. The van der Waals surface area contributed by atoms with Gasteiger partial charge in [-0.1, -0.05) is 67.8 Å². The summed E-state index contributed by atoms with van der Waals surface area (Å²) >= 11 is 6.38. The first-order valence-corrected chi connectivity index (χ1v) is 11.0. The van der Waals surface area contributed by atoms with Crippen LogP contribution in [0.1, 0.15) is 48.3 Å². The number of hydrogen-bond acceptors (Lipinski definition) is 4. The normalized spacial score (nSPS) is 12.3. The van der Waals surface area contributed by atoms with E-state index >= 15 is 0 Å². The second-order valence-corrected chi connectivity index (χ2v) is 8.25. The Balaban J connectivity index is 1.90. The lowest BCUT2D eigenvalue weighted by Crippen LogP contribution is -2.36. The van der Waals surface area contributed by atoms with Gasteiger partial charge in [-0.15, -0.1) is 0 Å². The lowest BCUT2D eigenvalue weighted by Gasteiger charge is -2.26. The molecule has 3 rings (SSSR count). The third kappa shape index (κ3) is 5.32. The van der Waals surface area contributed by atoms with Crippen molar-refractivity contribution in [1.29, 1.82) is 0 Å². The maximum Gasteiger partial charge on any atom is 0.274 e. The molecule has 0 aliphatic rings. The topological polar surface area (TPSA) is 67.2 Å². The van der Waals surface area contributed by atoms with Crippen LogP contribution in [-0.2, 0) is 6.54 Å². The smallest absolute Gasteiger partial charge is 0.274 e. The van der Waals surface area contributed by atoms with E-state index in [0.29, 0.717) is 28.9 Å². The molecule has 1 N–H and O–H groups in total. The van der Waals surface area contributed by atoms with E-state index in [4.69, 9.17) is 11.6 Å². The van der Waals surface area contributed by atoms with Crippen molar-refractivity contribution in [1.82, 2.24) is 20.0 Å². The summed E-state index contributed by atoms with van der Waals surface area (Å²) in [6, 6.07) is 14.7. The number of benzene rings is 2. The van der Waals surface area contributed by atoms with Gasteiger partial charge in [0.05, 0.1) is 11.4 Å². The van der Waals surface area contributed by atoms with Crippen LogP contribution < -0.4 is 10.9 Å². The Morgan fingerprint density at radius 3 is 2.45 bits per heavy atom. The van der Waals surface area contributed by atoms with Gasteiger partial charge in [-0.25, -0.2) is 4.68 Å². The van der Waals surface area contributed by atoms with Crippen LogP contribution in [0.4, 0.5) is 0 Å². The largest absolute Gasteiger partial charge is 0.349 e. The molecule has 0 bridgehead atoms. The summed E-state index contributed by atoms with van der Waals surface area (Å²) < 4.78 is 1.42. The first kappa shape index (κ1) is 23.0. The van der Waals surface area contributed by atoms with Crippen molar-refractivity contribution in [3.05, 3.63) is 75.2 Å². The summed E-state index contributed by atoms with van der Waals surface area (Å²) in [4.78, 5) is 28.0. The Morgan fingerprint density at radius 1 is 1.10 bits per heavy atom. The molecule has 0 saturated carbocycles. The number of aromatic nitrogens is 2. The highest BCUT2D eigenvalue weighted by Gasteiger charge is 2.21. The third-order valence-corrected chi connectivity index (χ3v) is 5.74. The summed E-state index contributed by atoms with van der Waals surface area (Å²) in [5, 5.41) is 9.16. The number of halogens is 1. The molecule has 164 valence electrons. The molecule has 0 radical (unpaired) electrons. The number of nitrogens with one attached hydrogen (secondary N) is 1. The number of aryl methyl sites for hydroxylation is 1. The number of fused-ring (bicyclic) bond motifs is 1. The van der Waals surface area contributed by atoms with Gasteiger partial charge in [0.2, 0.25) is 0 Å². The maximum absolute atomic E-state index is 13.2. The van der Waals surface area contributed by atoms with Crippen LogP contribution in [0.15, 0.2) is 53.3 Å². The molecule has 6 nitrogen and oxygen atoms in total. The Bertz CT molecular complexity index is 1110. The molecule has 0 fully saturated rings. The molecule has 1 heterocycles. The van der Waals surface area contributed by atoms with Crippen LogP contribution in [0.25, 0.3) is 10.8 Å². The minimum Gasteiger partial charge on any atom is -0.349 e. The zero-order valence-electron chi connectivity index (χ0n) is 18.3. The molecule has 1 aromatic heterocycles. The van der Waals surface area contributed by atoms with Gasteiger partial charge in [-0.3, -0.25) is 9.59 Å². The molecule has 7 heteroatoms. The molecule has 3 aromatic rings. The minimum atomic E-state index is -0.306. The van der Waals surface area contributed by atoms with Crippen molar-refractivity contribution in [2.24, 2.45) is 0 Å². The SMILES string of the molecule is CCCCCn1nc(C(=O)NCC(c2ccccc2Cl)N(C)C)c2ccccc2c1=O. The number of carbonyl (C=O) groups excluding carboxylic acids is 1. The van der Waals surface area contributed by atoms with Gasteiger partial charge in [0.1, 0.15) is 0 Å². The number of carbonyl (C=O) groups is 1. The summed E-state index contributed by atoms with van der Waals surface area (Å²) in [7, 11) is 3.89. The van der Waals surface area contributed by atoms with E-state index in [2.05, 4.69) is 17.3 Å². The average Bonchev–Trinajstić information content (AvgIpc) is 2.76. The van der Waals surface area contributed by atoms with E-state index in [-0.39, 0.29) is 23.2 Å². The van der Waals surface area contributed by atoms with E-state index < -0.39 is 0 Å². The van der Waals surface area contributed by atoms with Gasteiger partial charge < -0.3 is 10.2 Å². The van der Waals surface area contributed by atoms with Crippen molar-refractivity contribution >= 4 is 28.3 Å². The van der Waals surface area contributed by atoms with Crippen LogP contribution in [0, 0.1) is 0 Å². The van der Waals surface area contributed by atoms with E-state index in [0.717, 1.165) is 24.8 Å². The zero-order valence-corrected chi connectivity index (χ0v) is 19.0. The Kier molecular flexibility index (Phi) is 7.82. The molecule has 0 spiro atoms. The first-order valence-electron chi connectivity index (χ1n) is 10.6. The molecule has 2 aromatic carbocycles. The van der Waals surface area contributed by atoms with Crippen molar-refractivity contribution in [2.45, 2.75) is 38.8 Å². The molecule has 0 aliphatic carbocycles. The summed E-state index contributed by atoms with van der Waals surface area (Å²) in [6.07, 6.45) is 2.90. The monoisotopic (exact) mass is 440 g/mol. The average molecular weight is 441 g/mol. The highest BCUT2D eigenvalue weighted by molar-refractivity contribution is 6.31. The lowest BCUT2D eigenvalue weighted by atomic mass is 10.1. The maximum atomic E-state index is 13.2. The minimum absolute atomic E-state index is 0.0978. The highest BCUT2D eigenvalue weighted by Crippen LogP contribution is 2.25. The van der Waals surface area contributed by atoms with Crippen molar-refractivity contribution < 1.29 is 4.79 Å². The quantitative estimate of drug-likeness (QED) is 0.504. The number of unbranched alkanes of at least 4 members (excludes halogenated alkanes) is 2. The fourth-order valence-electron chi connectivity index (χ4n) is 3.66. The van der Waals surface area contributed by atoms with Crippen LogP contribution in [0.5, 0.6) is 0 Å².